The van der Waals surface area contributed by atoms with Crippen molar-refractivity contribution in [3.05, 3.63) is 0 Å². The molecule has 140 valence electrons. The number of carbonyl (C=O) groups excluding carboxylic acids is 2. The van der Waals surface area contributed by atoms with Crippen molar-refractivity contribution < 1.29 is 17.8 Å². The number of nitrogens with two attached hydrogens (primary N) is 4. The third-order valence-electron chi connectivity index (χ3n) is 1.55. The van der Waals surface area contributed by atoms with E-state index in [-0.39, 0.29) is 55.0 Å². The number of guanidine groups is 1. The lowest BCUT2D eigenvalue weighted by Gasteiger charge is -2.00. The normalized spacial score (nSPS) is 12.5. The van der Waals surface area contributed by atoms with Crippen LogP contribution in [-0.2, 0) is 9.59 Å². The molecule has 0 amide bonds. The molecular formula is C14H41N5O2S. The van der Waals surface area contributed by atoms with Crippen LogP contribution in [0.25, 0.3) is 0 Å². The van der Waals surface area contributed by atoms with Gasteiger partial charge in [-0.2, -0.15) is 12.6 Å². The smallest absolute Gasteiger partial charge is 0.185 e. The fourth-order valence-corrected chi connectivity index (χ4v) is 0.732. The van der Waals surface area contributed by atoms with Crippen molar-refractivity contribution in [2.24, 2.45) is 27.9 Å². The first kappa shape index (κ1) is 20.9. The van der Waals surface area contributed by atoms with E-state index in [0.717, 1.165) is 12.7 Å². The summed E-state index contributed by atoms with van der Waals surface area (Å²) in [7, 11) is -0.750. The molecule has 0 bridgehead atoms. The maximum absolute atomic E-state index is 10.0. The molecule has 0 aromatic rings. The van der Waals surface area contributed by atoms with Crippen LogP contribution in [0.4, 0.5) is 0 Å². The van der Waals surface area contributed by atoms with Crippen molar-refractivity contribution in [3.8, 4) is 0 Å². The molecule has 2 atom stereocenters. The molecule has 0 saturated carbocycles. The molecule has 0 fully saturated rings. The monoisotopic (exact) mass is 355 g/mol. The van der Waals surface area contributed by atoms with Gasteiger partial charge in [0, 0.05) is 20.5 Å². The van der Waals surface area contributed by atoms with E-state index in [9.17, 15) is 9.59 Å². The minimum Gasteiger partial charge on any atom is -0.370 e. The molecule has 8 heteroatoms. The maximum atomic E-state index is 10.0. The fourth-order valence-electron chi connectivity index (χ4n) is 0.646. The molecule has 22 heavy (non-hydrogen) atoms. The summed E-state index contributed by atoms with van der Waals surface area (Å²) in [5, 5.41) is 0. The van der Waals surface area contributed by atoms with E-state index >= 15 is 0 Å². The molecule has 0 radical (unpaired) electrons. The first-order valence-corrected chi connectivity index (χ1v) is 5.69. The van der Waals surface area contributed by atoms with Crippen LogP contribution in [0.2, 0.25) is 0 Å². The van der Waals surface area contributed by atoms with Crippen molar-refractivity contribution >= 4 is 31.2 Å². The second kappa shape index (κ2) is 32.0. The third kappa shape index (κ3) is 42.8. The van der Waals surface area contributed by atoms with Crippen LogP contribution in [0.15, 0.2) is 4.99 Å². The van der Waals surface area contributed by atoms with Crippen molar-refractivity contribution in [1.82, 2.24) is 0 Å². The van der Waals surface area contributed by atoms with Gasteiger partial charge in [-0.3, -0.25) is 4.99 Å². The van der Waals surface area contributed by atoms with E-state index in [2.05, 4.69) is 17.6 Å². The average molecular weight is 356 g/mol. The Labute approximate surface area is 152 Å². The molecule has 0 aliphatic carbocycles. The number of nitrogens with zero attached hydrogens (tertiary/aromatic N) is 1. The van der Waals surface area contributed by atoms with E-state index in [1.54, 1.807) is 0 Å². The summed E-state index contributed by atoms with van der Waals surface area (Å²) in [4.78, 5) is 23.3. The lowest BCUT2D eigenvalue weighted by molar-refractivity contribution is -0.109. The maximum Gasteiger partial charge on any atom is 0.185 e. The van der Waals surface area contributed by atoms with Gasteiger partial charge >= 0.3 is 0 Å². The van der Waals surface area contributed by atoms with Gasteiger partial charge in [0.25, 0.3) is 0 Å². The minimum absolute atomic E-state index is 0. The highest BCUT2D eigenvalue weighted by atomic mass is 32.1. The van der Waals surface area contributed by atoms with Gasteiger partial charge in [0.05, 0.1) is 12.1 Å². The molecule has 0 aliphatic heterocycles. The molecule has 0 aromatic carbocycles. The predicted octanol–water partition coefficient (Wildman–Crippen LogP) is 1.19. The van der Waals surface area contributed by atoms with Gasteiger partial charge in [-0.05, 0) is 12.8 Å². The highest BCUT2D eigenvalue weighted by Crippen LogP contribution is 1.91. The summed E-state index contributed by atoms with van der Waals surface area (Å²) in [6.07, 6.45) is 2.75. The Morgan fingerprint density at radius 2 is 1.50 bits per heavy atom. The predicted molar refractivity (Wildman–Crippen MR) is 105 cm³/mol. The number of aliphatic imine (C=N–C) groups is 1. The number of thiol groups is 1. The van der Waals surface area contributed by atoms with Crippen molar-refractivity contribution in [2.75, 3.05) is 12.3 Å². The lowest BCUT2D eigenvalue weighted by Crippen LogP contribution is -2.24. The number of aldehydes is 2. The van der Waals surface area contributed by atoms with Crippen LogP contribution < -0.4 is 22.9 Å². The van der Waals surface area contributed by atoms with Crippen LogP contribution in [0.5, 0.6) is 0 Å². The van der Waals surface area contributed by atoms with Gasteiger partial charge in [-0.15, -0.1) is 0 Å². The summed E-state index contributed by atoms with van der Waals surface area (Å²) in [5.41, 5.74) is 20.5. The van der Waals surface area contributed by atoms with E-state index in [4.69, 9.17) is 31.2 Å². The molecule has 0 rings (SSSR count). The molecule has 0 aliphatic rings. The van der Waals surface area contributed by atoms with E-state index in [1.807, 2.05) is 0 Å². The van der Waals surface area contributed by atoms with Gasteiger partial charge in [0.2, 0.25) is 0 Å². The Kier molecular flexibility index (Phi) is 30.4. The summed E-state index contributed by atoms with van der Waals surface area (Å²) in [6, 6.07) is -0.766. The Hall–Kier alpha value is -1.12. The Balaban J connectivity index is -0.0000000443. The molecule has 0 saturated heterocycles. The molecular weight excluding hydrogens is 302 g/mol. The lowest BCUT2D eigenvalue weighted by atomic mass is 10.2. The fraction of sp³-hybridized carbons (Fsp3) is 0.786. The summed E-state index contributed by atoms with van der Waals surface area (Å²) >= 11 is 3.74. The SMILES string of the molecule is C.C.NC(N)=NCCC[C@@H](N)C=O.N[C@@H](C=O)CS.[3H]C[3H].[3H]C[3H].[3H]C[3H]. The highest BCUT2D eigenvalue weighted by molar-refractivity contribution is 7.80. The van der Waals surface area contributed by atoms with Crippen LogP contribution in [-0.4, -0.2) is 42.9 Å². The van der Waals surface area contributed by atoms with Crippen molar-refractivity contribution in [1.29, 1.82) is 0 Å². The van der Waals surface area contributed by atoms with E-state index in [0.29, 0.717) is 25.0 Å². The Morgan fingerprint density at radius 1 is 1.09 bits per heavy atom. The summed E-state index contributed by atoms with van der Waals surface area (Å²) in [5.74, 6) is 0.508. The molecule has 7 nitrogen and oxygen atoms in total. The van der Waals surface area contributed by atoms with Gasteiger partial charge < -0.3 is 32.5 Å². The zero-order valence-corrected chi connectivity index (χ0v) is 12.7. The van der Waals surface area contributed by atoms with Crippen molar-refractivity contribution in [3.63, 3.8) is 0 Å². The van der Waals surface area contributed by atoms with Crippen LogP contribution in [0, 0.1) is 0 Å². The van der Waals surface area contributed by atoms with Gasteiger partial charge in [0.1, 0.15) is 12.6 Å². The quantitative estimate of drug-likeness (QED) is 0.152. The summed E-state index contributed by atoms with van der Waals surface area (Å²) < 4.78 is 35.2. The number of hydrogen-bond acceptors (Lipinski definition) is 6. The second-order valence-electron chi connectivity index (χ2n) is 3.23. The zero-order valence-electron chi connectivity index (χ0n) is 17.8. The molecule has 8 N–H and O–H groups in total. The molecule has 0 spiro atoms. The van der Waals surface area contributed by atoms with Crippen LogP contribution in [0.1, 0.15) is 58.1 Å². The topological polar surface area (TPSA) is 151 Å². The number of hydrogen-bond donors (Lipinski definition) is 5. The van der Waals surface area contributed by atoms with Crippen LogP contribution >= 0.6 is 12.6 Å². The van der Waals surface area contributed by atoms with E-state index in [1.165, 1.54) is 0 Å². The highest BCUT2D eigenvalue weighted by Gasteiger charge is 1.97. The summed E-state index contributed by atoms with van der Waals surface area (Å²) in [6.45, 7) is 0.532. The number of carbonyl (C=O) groups is 2. The Bertz CT molecular complexity index is 290. The largest absolute Gasteiger partial charge is 0.370 e. The first-order chi connectivity index (χ1) is 12.2. The molecule has 0 heterocycles. The van der Waals surface area contributed by atoms with Gasteiger partial charge in [-0.25, -0.2) is 0 Å². The van der Waals surface area contributed by atoms with E-state index < -0.39 is 0 Å². The zero-order chi connectivity index (χ0) is 21.8. The van der Waals surface area contributed by atoms with Crippen molar-refractivity contribution in [2.45, 2.75) is 61.9 Å². The number of rotatable bonds is 7. The minimum atomic E-state index is -0.385. The van der Waals surface area contributed by atoms with Gasteiger partial charge in [0.15, 0.2) is 5.96 Å². The second-order valence-corrected chi connectivity index (χ2v) is 3.60. The van der Waals surface area contributed by atoms with Crippen LogP contribution in [0.3, 0.4) is 0 Å². The van der Waals surface area contributed by atoms with Gasteiger partial charge in [-0.1, -0.05) is 37.0 Å². The standard InChI is InChI=1S/C6H14N4O.C3H7NOS.5CH4/c7-5(4-11)2-1-3-10-6(8)9;4-3(1-5)2-6;;;;;/h4-5H,1-3,7H2,(H4,8,9,10);1,3,6H,2,4H2;5*1H4/t5-;3-;;;;;/m10...../s1/i;;3*1T2;;. The molecule has 0 aromatic heterocycles. The first-order valence-electron chi connectivity index (χ1n) is 9.30. The average Bonchev–Trinajstić information content (AvgIpc) is 2.60. The third-order valence-corrected chi connectivity index (χ3v) is 1.97. The Morgan fingerprint density at radius 3 is 1.73 bits per heavy atom. The molecule has 0 unspecified atom stereocenters.